The number of likely N-dealkylation sites (N-methyl/N-ethyl adjacent to an activating group) is 1. The van der Waals surface area contributed by atoms with Crippen LogP contribution in [-0.4, -0.2) is 42.0 Å². The van der Waals surface area contributed by atoms with Gasteiger partial charge in [0, 0.05) is 31.8 Å². The summed E-state index contributed by atoms with van der Waals surface area (Å²) in [6.07, 6.45) is 0. The van der Waals surface area contributed by atoms with E-state index >= 15 is 0 Å². The van der Waals surface area contributed by atoms with Crippen molar-refractivity contribution in [1.82, 2.24) is 4.90 Å². The second-order valence-corrected chi connectivity index (χ2v) is 4.00. The van der Waals surface area contributed by atoms with Gasteiger partial charge in [-0.25, -0.2) is 4.39 Å². The van der Waals surface area contributed by atoms with Crippen molar-refractivity contribution in [2.24, 2.45) is 0 Å². The van der Waals surface area contributed by atoms with E-state index in [-0.39, 0.29) is 11.3 Å². The van der Waals surface area contributed by atoms with Crippen LogP contribution in [0.5, 0.6) is 0 Å². The molecule has 7 heteroatoms. The van der Waals surface area contributed by atoms with Crippen molar-refractivity contribution < 1.29 is 18.8 Å². The van der Waals surface area contributed by atoms with Crippen molar-refractivity contribution in [3.8, 4) is 0 Å². The van der Waals surface area contributed by atoms with E-state index in [1.54, 1.807) is 6.92 Å². The van der Waals surface area contributed by atoms with Crippen molar-refractivity contribution in [2.45, 2.75) is 13.8 Å². The molecule has 0 aliphatic carbocycles. The Hall–Kier alpha value is -2.02. The molecule has 0 aromatic heterocycles. The molecule has 0 unspecified atom stereocenters. The lowest BCUT2D eigenvalue weighted by molar-refractivity contribution is -0.384. The molecule has 1 aromatic rings. The number of hydrogen-bond acceptors (Lipinski definition) is 4. The van der Waals surface area contributed by atoms with Crippen molar-refractivity contribution in [3.05, 3.63) is 39.7 Å². The Labute approximate surface area is 116 Å². The zero-order valence-electron chi connectivity index (χ0n) is 11.5. The van der Waals surface area contributed by atoms with Crippen LogP contribution in [-0.2, 0) is 4.74 Å². The van der Waals surface area contributed by atoms with Crippen molar-refractivity contribution in [2.75, 3.05) is 26.3 Å². The van der Waals surface area contributed by atoms with Crippen LogP contribution in [0.4, 0.5) is 10.1 Å². The molecule has 1 amide bonds. The molecule has 0 spiro atoms. The largest absolute Gasteiger partial charge is 0.380 e. The number of amides is 1. The number of carbonyl (C=O) groups is 1. The number of nitro groups is 1. The highest BCUT2D eigenvalue weighted by molar-refractivity contribution is 5.95. The monoisotopic (exact) mass is 284 g/mol. The molecule has 0 atom stereocenters. The molecule has 0 N–H and O–H groups in total. The molecular weight excluding hydrogens is 267 g/mol. The van der Waals surface area contributed by atoms with Gasteiger partial charge < -0.3 is 9.64 Å². The molecule has 1 aromatic carbocycles. The zero-order valence-corrected chi connectivity index (χ0v) is 11.5. The highest BCUT2D eigenvalue weighted by atomic mass is 19.1. The Kier molecular flexibility index (Phi) is 6.05. The topological polar surface area (TPSA) is 72.7 Å². The molecule has 20 heavy (non-hydrogen) atoms. The van der Waals surface area contributed by atoms with E-state index < -0.39 is 16.6 Å². The Morgan fingerprint density at radius 2 is 2.15 bits per heavy atom. The molecule has 0 bridgehead atoms. The molecular formula is C13H17FN2O4. The van der Waals surface area contributed by atoms with Crippen LogP contribution in [0, 0.1) is 15.9 Å². The van der Waals surface area contributed by atoms with E-state index in [1.165, 1.54) is 4.90 Å². The van der Waals surface area contributed by atoms with E-state index in [1.807, 2.05) is 6.92 Å². The number of benzene rings is 1. The number of hydrogen-bond donors (Lipinski definition) is 0. The highest BCUT2D eigenvalue weighted by Gasteiger charge is 2.21. The van der Waals surface area contributed by atoms with Crippen molar-refractivity contribution >= 4 is 11.6 Å². The first-order chi connectivity index (χ1) is 9.51. The lowest BCUT2D eigenvalue weighted by Crippen LogP contribution is -2.34. The number of non-ortho nitro benzene ring substituents is 1. The van der Waals surface area contributed by atoms with Crippen LogP contribution in [0.2, 0.25) is 0 Å². The average Bonchev–Trinajstić information content (AvgIpc) is 2.43. The Morgan fingerprint density at radius 3 is 2.70 bits per heavy atom. The summed E-state index contributed by atoms with van der Waals surface area (Å²) in [6.45, 7) is 5.13. The Morgan fingerprint density at radius 1 is 1.45 bits per heavy atom. The predicted molar refractivity (Wildman–Crippen MR) is 71.1 cm³/mol. The lowest BCUT2D eigenvalue weighted by atomic mass is 10.1. The van der Waals surface area contributed by atoms with Gasteiger partial charge in [-0.3, -0.25) is 14.9 Å². The molecule has 0 heterocycles. The standard InChI is InChI=1S/C13H17FN2O4/c1-3-15(7-8-20-4-2)13(17)11-9-10(16(18)19)5-6-12(11)14/h5-6,9H,3-4,7-8H2,1-2H3. The minimum absolute atomic E-state index is 0.294. The summed E-state index contributed by atoms with van der Waals surface area (Å²) < 4.78 is 18.8. The Balaban J connectivity index is 2.93. The van der Waals surface area contributed by atoms with Gasteiger partial charge in [-0.05, 0) is 19.9 Å². The summed E-state index contributed by atoms with van der Waals surface area (Å²) in [5.41, 5.74) is -0.604. The molecule has 0 fully saturated rings. The average molecular weight is 284 g/mol. The molecule has 6 nitrogen and oxygen atoms in total. The van der Waals surface area contributed by atoms with E-state index in [0.717, 1.165) is 18.2 Å². The number of carbonyl (C=O) groups excluding carboxylic acids is 1. The molecule has 0 aliphatic heterocycles. The van der Waals surface area contributed by atoms with Crippen LogP contribution in [0.25, 0.3) is 0 Å². The fraction of sp³-hybridized carbons (Fsp3) is 0.462. The van der Waals surface area contributed by atoms with Gasteiger partial charge in [-0.15, -0.1) is 0 Å². The predicted octanol–water partition coefficient (Wildman–Crippen LogP) is 2.23. The quantitative estimate of drug-likeness (QED) is 0.437. The van der Waals surface area contributed by atoms with E-state index in [9.17, 15) is 19.3 Å². The number of nitrogens with zero attached hydrogens (tertiary/aromatic N) is 2. The van der Waals surface area contributed by atoms with Gasteiger partial charge in [-0.1, -0.05) is 0 Å². The third-order valence-corrected chi connectivity index (χ3v) is 2.77. The second-order valence-electron chi connectivity index (χ2n) is 4.00. The molecule has 1 rings (SSSR count). The number of halogens is 1. The van der Waals surface area contributed by atoms with Crippen LogP contribution in [0.15, 0.2) is 18.2 Å². The Bertz CT molecular complexity index is 493. The van der Waals surface area contributed by atoms with Crippen molar-refractivity contribution in [3.63, 3.8) is 0 Å². The van der Waals surface area contributed by atoms with Gasteiger partial charge in [-0.2, -0.15) is 0 Å². The molecule has 0 aliphatic rings. The summed E-state index contributed by atoms with van der Waals surface area (Å²) in [5, 5.41) is 10.7. The number of nitro benzene ring substituents is 1. The summed E-state index contributed by atoms with van der Waals surface area (Å²) in [4.78, 5) is 23.6. The van der Waals surface area contributed by atoms with E-state index in [0.29, 0.717) is 26.3 Å². The fourth-order valence-corrected chi connectivity index (χ4v) is 1.68. The smallest absolute Gasteiger partial charge is 0.270 e. The maximum atomic E-state index is 13.7. The minimum atomic E-state index is -0.768. The van der Waals surface area contributed by atoms with Crippen LogP contribution in [0.3, 0.4) is 0 Å². The molecule has 110 valence electrons. The van der Waals surface area contributed by atoms with Crippen LogP contribution < -0.4 is 0 Å². The zero-order chi connectivity index (χ0) is 15.1. The summed E-state index contributed by atoms with van der Waals surface area (Å²) in [6, 6.07) is 2.92. The lowest BCUT2D eigenvalue weighted by Gasteiger charge is -2.20. The maximum absolute atomic E-state index is 13.7. The van der Waals surface area contributed by atoms with Crippen molar-refractivity contribution in [1.29, 1.82) is 0 Å². The summed E-state index contributed by atoms with van der Waals surface area (Å²) in [7, 11) is 0. The first-order valence-corrected chi connectivity index (χ1v) is 6.32. The van der Waals surface area contributed by atoms with E-state index in [4.69, 9.17) is 4.74 Å². The van der Waals surface area contributed by atoms with Gasteiger partial charge in [0.05, 0.1) is 17.1 Å². The first-order valence-electron chi connectivity index (χ1n) is 6.32. The molecule has 0 saturated heterocycles. The van der Waals surface area contributed by atoms with Gasteiger partial charge in [0.15, 0.2) is 0 Å². The second kappa shape index (κ2) is 7.54. The summed E-state index contributed by atoms with van der Waals surface area (Å²) >= 11 is 0. The molecule has 0 radical (unpaired) electrons. The maximum Gasteiger partial charge on any atom is 0.270 e. The van der Waals surface area contributed by atoms with E-state index in [2.05, 4.69) is 0 Å². The highest BCUT2D eigenvalue weighted by Crippen LogP contribution is 2.18. The molecule has 0 saturated carbocycles. The van der Waals surface area contributed by atoms with Gasteiger partial charge in [0.2, 0.25) is 0 Å². The first kappa shape index (κ1) is 16.0. The number of rotatable bonds is 7. The van der Waals surface area contributed by atoms with Crippen LogP contribution in [0.1, 0.15) is 24.2 Å². The van der Waals surface area contributed by atoms with Crippen LogP contribution >= 0.6 is 0 Å². The third-order valence-electron chi connectivity index (χ3n) is 2.77. The summed E-state index contributed by atoms with van der Waals surface area (Å²) in [5.74, 6) is -1.34. The van der Waals surface area contributed by atoms with Gasteiger partial charge >= 0.3 is 0 Å². The third kappa shape index (κ3) is 3.99. The normalized spacial score (nSPS) is 10.3. The van der Waals surface area contributed by atoms with Gasteiger partial charge in [0.1, 0.15) is 5.82 Å². The SMILES string of the molecule is CCOCCN(CC)C(=O)c1cc([N+](=O)[O-])ccc1F. The number of ether oxygens (including phenoxy) is 1. The van der Waals surface area contributed by atoms with Gasteiger partial charge in [0.25, 0.3) is 11.6 Å². The fourth-order valence-electron chi connectivity index (χ4n) is 1.68. The minimum Gasteiger partial charge on any atom is -0.380 e.